The van der Waals surface area contributed by atoms with Crippen LogP contribution in [0.4, 0.5) is 19.1 Å². The Bertz CT molecular complexity index is 1030. The third-order valence-electron chi connectivity index (χ3n) is 6.24. The van der Waals surface area contributed by atoms with Crippen molar-refractivity contribution in [2.45, 2.75) is 57.7 Å². The highest BCUT2D eigenvalue weighted by atomic mass is 19.4. The Balaban J connectivity index is 1.52. The predicted molar refractivity (Wildman–Crippen MR) is 129 cm³/mol. The van der Waals surface area contributed by atoms with Crippen LogP contribution < -0.4 is 15.5 Å². The molecular weight excluding hydrogens is 491 g/mol. The van der Waals surface area contributed by atoms with E-state index in [-0.39, 0.29) is 24.3 Å². The molecule has 0 spiro atoms. The van der Waals surface area contributed by atoms with Gasteiger partial charge in [-0.15, -0.1) is 0 Å². The van der Waals surface area contributed by atoms with Gasteiger partial charge >= 0.3 is 6.18 Å². The normalized spacial score (nSPS) is 15.2. The van der Waals surface area contributed by atoms with Crippen LogP contribution in [0.25, 0.3) is 0 Å². The number of piperidine rings is 1. The second-order valence-electron chi connectivity index (χ2n) is 8.91. The Morgan fingerprint density at radius 1 is 1.19 bits per heavy atom. The zero-order valence-corrected chi connectivity index (χ0v) is 20.6. The fourth-order valence-electron chi connectivity index (χ4n) is 4.32. The minimum atomic E-state index is -4.56. The average molecular weight is 524 g/mol. The third kappa shape index (κ3) is 8.59. The molecule has 202 valence electrons. The highest BCUT2D eigenvalue weighted by Gasteiger charge is 2.33. The molecule has 3 N–H and O–H groups in total. The van der Waals surface area contributed by atoms with Crippen molar-refractivity contribution < 1.29 is 32.7 Å². The average Bonchev–Trinajstić information content (AvgIpc) is 2.89. The van der Waals surface area contributed by atoms with Crippen LogP contribution in [-0.2, 0) is 22.2 Å². The number of amides is 2. The van der Waals surface area contributed by atoms with Crippen molar-refractivity contribution in [2.24, 2.45) is 5.92 Å². The van der Waals surface area contributed by atoms with Crippen molar-refractivity contribution in [1.82, 2.24) is 20.3 Å². The first-order chi connectivity index (χ1) is 17.7. The molecule has 2 heterocycles. The number of hydroxylamine groups is 1. The molecule has 1 fully saturated rings. The lowest BCUT2D eigenvalue weighted by molar-refractivity contribution is -0.141. The molecule has 3 rings (SSSR count). The number of anilines is 1. The van der Waals surface area contributed by atoms with Gasteiger partial charge in [-0.05, 0) is 62.8 Å². The number of aryl methyl sites for hydroxylation is 1. The zero-order chi connectivity index (χ0) is 26.8. The van der Waals surface area contributed by atoms with Crippen molar-refractivity contribution in [1.29, 1.82) is 0 Å². The van der Waals surface area contributed by atoms with Gasteiger partial charge in [0.1, 0.15) is 11.4 Å². The fourth-order valence-corrected chi connectivity index (χ4v) is 4.32. The molecule has 37 heavy (non-hydrogen) atoms. The molecule has 0 radical (unpaired) electrons. The van der Waals surface area contributed by atoms with E-state index in [1.807, 2.05) is 31.2 Å². The SMILES string of the molecule is CCOc1ccc(CCCC(CC(=O)NO)C(=O)N2CCC(Nc3nccc(C(F)(F)F)n3)CC2)cc1. The van der Waals surface area contributed by atoms with Gasteiger partial charge in [0.25, 0.3) is 0 Å². The number of nitrogens with one attached hydrogen (secondary N) is 2. The number of benzene rings is 1. The molecule has 0 saturated carbocycles. The summed E-state index contributed by atoms with van der Waals surface area (Å²) < 4.78 is 44.1. The molecule has 0 aliphatic carbocycles. The highest BCUT2D eigenvalue weighted by Crippen LogP contribution is 2.28. The summed E-state index contributed by atoms with van der Waals surface area (Å²) in [6, 6.07) is 8.34. The molecule has 1 saturated heterocycles. The van der Waals surface area contributed by atoms with Crippen LogP contribution in [0.15, 0.2) is 36.5 Å². The van der Waals surface area contributed by atoms with Gasteiger partial charge in [0, 0.05) is 37.7 Å². The lowest BCUT2D eigenvalue weighted by atomic mass is 9.93. The van der Waals surface area contributed by atoms with Crippen molar-refractivity contribution in [3.63, 3.8) is 0 Å². The molecule has 2 amide bonds. The summed E-state index contributed by atoms with van der Waals surface area (Å²) in [5.74, 6) is -0.712. The number of alkyl halides is 3. The molecule has 1 aliphatic heterocycles. The summed E-state index contributed by atoms with van der Waals surface area (Å²) in [6.07, 6.45) is -0.774. The van der Waals surface area contributed by atoms with E-state index in [9.17, 15) is 22.8 Å². The molecule has 1 unspecified atom stereocenters. The summed E-state index contributed by atoms with van der Waals surface area (Å²) in [4.78, 5) is 34.1. The maximum Gasteiger partial charge on any atom is 0.433 e. The number of nitrogens with zero attached hydrogens (tertiary/aromatic N) is 3. The quantitative estimate of drug-likeness (QED) is 0.303. The van der Waals surface area contributed by atoms with E-state index < -0.39 is 23.7 Å². The molecule has 1 aromatic carbocycles. The minimum absolute atomic E-state index is 0.105. The Labute approximate surface area is 213 Å². The van der Waals surface area contributed by atoms with Gasteiger partial charge < -0.3 is 15.0 Å². The van der Waals surface area contributed by atoms with Crippen LogP contribution >= 0.6 is 0 Å². The van der Waals surface area contributed by atoms with Crippen LogP contribution in [0, 0.1) is 5.92 Å². The summed E-state index contributed by atoms with van der Waals surface area (Å²) in [6.45, 7) is 3.26. The Morgan fingerprint density at radius 3 is 2.51 bits per heavy atom. The highest BCUT2D eigenvalue weighted by molar-refractivity contribution is 5.85. The van der Waals surface area contributed by atoms with E-state index in [2.05, 4.69) is 15.3 Å². The molecular formula is C25H32F3N5O4. The maximum absolute atomic E-state index is 13.2. The first kappa shape index (κ1) is 28.2. The largest absolute Gasteiger partial charge is 0.494 e. The van der Waals surface area contributed by atoms with Gasteiger partial charge in [0.05, 0.1) is 6.61 Å². The molecule has 9 nitrogen and oxygen atoms in total. The third-order valence-corrected chi connectivity index (χ3v) is 6.24. The summed E-state index contributed by atoms with van der Waals surface area (Å²) in [7, 11) is 0. The number of hydrogen-bond acceptors (Lipinski definition) is 7. The van der Waals surface area contributed by atoms with E-state index in [0.29, 0.717) is 45.4 Å². The van der Waals surface area contributed by atoms with Crippen molar-refractivity contribution in [3.05, 3.63) is 47.8 Å². The van der Waals surface area contributed by atoms with E-state index >= 15 is 0 Å². The molecule has 1 atom stereocenters. The van der Waals surface area contributed by atoms with Gasteiger partial charge in [-0.3, -0.25) is 14.8 Å². The smallest absolute Gasteiger partial charge is 0.433 e. The van der Waals surface area contributed by atoms with Gasteiger partial charge in [0.2, 0.25) is 17.8 Å². The maximum atomic E-state index is 13.2. The first-order valence-corrected chi connectivity index (χ1v) is 12.3. The number of likely N-dealkylation sites (tertiary alicyclic amines) is 1. The van der Waals surface area contributed by atoms with Gasteiger partial charge in [-0.1, -0.05) is 12.1 Å². The molecule has 2 aromatic rings. The summed E-state index contributed by atoms with van der Waals surface area (Å²) in [5.41, 5.74) is 1.67. The van der Waals surface area contributed by atoms with E-state index in [4.69, 9.17) is 9.94 Å². The monoisotopic (exact) mass is 523 g/mol. The minimum Gasteiger partial charge on any atom is -0.494 e. The van der Waals surface area contributed by atoms with Gasteiger partial charge in [-0.2, -0.15) is 13.2 Å². The van der Waals surface area contributed by atoms with Crippen LogP contribution in [0.2, 0.25) is 0 Å². The van der Waals surface area contributed by atoms with Crippen LogP contribution in [0.1, 0.15) is 50.3 Å². The standard InChI is InChI=1S/C25H32F3N5O4/c1-2-37-20-8-6-17(7-9-20)4-3-5-18(16-22(34)32-36)23(35)33-14-11-19(12-15-33)30-24-29-13-10-21(31-24)25(26,27)28/h6-10,13,18-19,36H,2-5,11-12,14-16H2,1H3,(H,32,34)(H,29,30,31). The lowest BCUT2D eigenvalue weighted by Crippen LogP contribution is -2.45. The van der Waals surface area contributed by atoms with Crippen molar-refractivity contribution in [3.8, 4) is 5.75 Å². The molecule has 12 heteroatoms. The number of ether oxygens (including phenoxy) is 1. The second-order valence-corrected chi connectivity index (χ2v) is 8.91. The van der Waals surface area contributed by atoms with Gasteiger partial charge in [0.15, 0.2) is 0 Å². The first-order valence-electron chi connectivity index (χ1n) is 12.3. The van der Waals surface area contributed by atoms with Crippen molar-refractivity contribution >= 4 is 17.8 Å². The molecule has 1 aliphatic rings. The molecule has 1 aromatic heterocycles. The van der Waals surface area contributed by atoms with Crippen molar-refractivity contribution in [2.75, 3.05) is 25.0 Å². The van der Waals surface area contributed by atoms with Crippen LogP contribution in [-0.4, -0.2) is 57.6 Å². The van der Waals surface area contributed by atoms with Crippen LogP contribution in [0.5, 0.6) is 5.75 Å². The predicted octanol–water partition coefficient (Wildman–Crippen LogP) is 3.83. The number of carbonyl (C=O) groups excluding carboxylic acids is 2. The topological polar surface area (TPSA) is 117 Å². The number of halogens is 3. The number of aromatic nitrogens is 2. The Kier molecular flexibility index (Phi) is 10.1. The number of rotatable bonds is 11. The summed E-state index contributed by atoms with van der Waals surface area (Å²) >= 11 is 0. The van der Waals surface area contributed by atoms with E-state index in [1.54, 1.807) is 10.4 Å². The lowest BCUT2D eigenvalue weighted by Gasteiger charge is -2.34. The zero-order valence-electron chi connectivity index (χ0n) is 20.6. The van der Waals surface area contributed by atoms with E-state index in [1.165, 1.54) is 0 Å². The van der Waals surface area contributed by atoms with Gasteiger partial charge in [-0.25, -0.2) is 15.4 Å². The Morgan fingerprint density at radius 2 is 1.89 bits per heavy atom. The van der Waals surface area contributed by atoms with E-state index in [0.717, 1.165) is 30.0 Å². The second kappa shape index (κ2) is 13.2. The number of hydrogen-bond donors (Lipinski definition) is 3. The Hall–Kier alpha value is -3.41. The number of carbonyl (C=O) groups is 2. The molecule has 0 bridgehead atoms. The van der Waals surface area contributed by atoms with Crippen LogP contribution in [0.3, 0.4) is 0 Å². The fraction of sp³-hybridized carbons (Fsp3) is 0.520. The summed E-state index contributed by atoms with van der Waals surface area (Å²) in [5, 5.41) is 11.9.